The van der Waals surface area contributed by atoms with E-state index >= 15 is 0 Å². The van der Waals surface area contributed by atoms with Gasteiger partial charge in [0.05, 0.1) is 5.69 Å². The highest BCUT2D eigenvalue weighted by molar-refractivity contribution is 5.79. The third-order valence-corrected chi connectivity index (χ3v) is 3.09. The number of nitrogens with one attached hydrogen (secondary N) is 2. The summed E-state index contributed by atoms with van der Waals surface area (Å²) in [7, 11) is 3.78. The molecule has 5 nitrogen and oxygen atoms in total. The summed E-state index contributed by atoms with van der Waals surface area (Å²) in [5.74, 6) is 0.871. The molecule has 0 fully saturated rings. The molecule has 0 radical (unpaired) electrons. The standard InChI is InChI=1S/C13H25N5/c1-6-8-15-13(14-4)16-9-7-12-10(2)17-18(5)11(12)3/h6-9H2,1-5H3,(H2,14,15,16). The van der Waals surface area contributed by atoms with Crippen molar-refractivity contribution >= 4 is 5.96 Å². The van der Waals surface area contributed by atoms with Gasteiger partial charge in [0.2, 0.25) is 0 Å². The van der Waals surface area contributed by atoms with Crippen LogP contribution in [0.1, 0.15) is 30.3 Å². The maximum Gasteiger partial charge on any atom is 0.190 e. The summed E-state index contributed by atoms with van der Waals surface area (Å²) < 4.78 is 1.94. The first-order valence-electron chi connectivity index (χ1n) is 6.53. The summed E-state index contributed by atoms with van der Waals surface area (Å²) in [6.45, 7) is 8.13. The Morgan fingerprint density at radius 2 is 1.94 bits per heavy atom. The molecule has 1 heterocycles. The van der Waals surface area contributed by atoms with E-state index in [0.717, 1.165) is 37.6 Å². The van der Waals surface area contributed by atoms with Crippen LogP contribution in [0.4, 0.5) is 0 Å². The zero-order valence-electron chi connectivity index (χ0n) is 12.2. The zero-order chi connectivity index (χ0) is 13.5. The molecule has 0 bridgehead atoms. The summed E-state index contributed by atoms with van der Waals surface area (Å²) in [5, 5.41) is 11.0. The van der Waals surface area contributed by atoms with Crippen LogP contribution in [0, 0.1) is 13.8 Å². The van der Waals surface area contributed by atoms with E-state index < -0.39 is 0 Å². The normalized spacial score (nSPS) is 11.7. The minimum atomic E-state index is 0.871. The predicted octanol–water partition coefficient (Wildman–Crippen LogP) is 1.15. The Balaban J connectivity index is 2.46. The van der Waals surface area contributed by atoms with E-state index in [1.165, 1.54) is 11.3 Å². The minimum Gasteiger partial charge on any atom is -0.356 e. The van der Waals surface area contributed by atoms with Crippen LogP contribution in [0.15, 0.2) is 4.99 Å². The zero-order valence-corrected chi connectivity index (χ0v) is 12.2. The Hall–Kier alpha value is -1.52. The third kappa shape index (κ3) is 3.75. The average Bonchev–Trinajstić information content (AvgIpc) is 2.59. The van der Waals surface area contributed by atoms with Gasteiger partial charge in [-0.3, -0.25) is 9.67 Å². The van der Waals surface area contributed by atoms with Crippen LogP contribution in [0.25, 0.3) is 0 Å². The second-order valence-corrected chi connectivity index (χ2v) is 4.45. The van der Waals surface area contributed by atoms with E-state index in [-0.39, 0.29) is 0 Å². The molecule has 0 saturated heterocycles. The molecule has 18 heavy (non-hydrogen) atoms. The summed E-state index contributed by atoms with van der Waals surface area (Å²) >= 11 is 0. The first-order valence-corrected chi connectivity index (χ1v) is 6.53. The van der Waals surface area contributed by atoms with Gasteiger partial charge in [0, 0.05) is 32.9 Å². The molecule has 0 aromatic carbocycles. The van der Waals surface area contributed by atoms with E-state index in [9.17, 15) is 0 Å². The highest BCUT2D eigenvalue weighted by Gasteiger charge is 2.08. The number of hydrogen-bond acceptors (Lipinski definition) is 2. The topological polar surface area (TPSA) is 54.2 Å². The van der Waals surface area contributed by atoms with Crippen LogP contribution in [0.5, 0.6) is 0 Å². The van der Waals surface area contributed by atoms with Gasteiger partial charge in [-0.2, -0.15) is 5.10 Å². The fraction of sp³-hybridized carbons (Fsp3) is 0.692. The second-order valence-electron chi connectivity index (χ2n) is 4.45. The SMILES string of the molecule is CCCNC(=NC)NCCc1c(C)nn(C)c1C. The maximum absolute atomic E-state index is 4.42. The predicted molar refractivity (Wildman–Crippen MR) is 76.0 cm³/mol. The number of aliphatic imine (C=N–C) groups is 1. The van der Waals surface area contributed by atoms with Crippen molar-refractivity contribution in [3.05, 3.63) is 17.0 Å². The van der Waals surface area contributed by atoms with Gasteiger partial charge in [-0.05, 0) is 32.3 Å². The summed E-state index contributed by atoms with van der Waals surface area (Å²) in [4.78, 5) is 4.18. The number of aryl methyl sites for hydroxylation is 2. The van der Waals surface area contributed by atoms with Crippen LogP contribution in [-0.4, -0.2) is 35.9 Å². The molecular weight excluding hydrogens is 226 g/mol. The van der Waals surface area contributed by atoms with E-state index in [4.69, 9.17) is 0 Å². The lowest BCUT2D eigenvalue weighted by Gasteiger charge is -2.11. The van der Waals surface area contributed by atoms with E-state index in [0.29, 0.717) is 0 Å². The van der Waals surface area contributed by atoms with Gasteiger partial charge >= 0.3 is 0 Å². The molecule has 2 N–H and O–H groups in total. The lowest BCUT2D eigenvalue weighted by Crippen LogP contribution is -2.38. The molecule has 0 aliphatic rings. The molecule has 1 aromatic heterocycles. The lowest BCUT2D eigenvalue weighted by molar-refractivity contribution is 0.728. The number of nitrogens with zero attached hydrogens (tertiary/aromatic N) is 3. The van der Waals surface area contributed by atoms with Crippen LogP contribution >= 0.6 is 0 Å². The molecule has 102 valence electrons. The molecule has 5 heteroatoms. The average molecular weight is 251 g/mol. The van der Waals surface area contributed by atoms with Gasteiger partial charge < -0.3 is 10.6 Å². The second kappa shape index (κ2) is 7.03. The number of aromatic nitrogens is 2. The molecular formula is C13H25N5. The van der Waals surface area contributed by atoms with Gasteiger partial charge in [0.1, 0.15) is 0 Å². The fourth-order valence-corrected chi connectivity index (χ4v) is 1.95. The third-order valence-electron chi connectivity index (χ3n) is 3.09. The first kappa shape index (κ1) is 14.5. The van der Waals surface area contributed by atoms with Crippen molar-refractivity contribution in [1.29, 1.82) is 0 Å². The molecule has 0 aliphatic carbocycles. The van der Waals surface area contributed by atoms with Crippen LogP contribution in [0.3, 0.4) is 0 Å². The Kier molecular flexibility index (Phi) is 5.68. The van der Waals surface area contributed by atoms with Crippen molar-refractivity contribution in [2.24, 2.45) is 12.0 Å². The van der Waals surface area contributed by atoms with Crippen LogP contribution < -0.4 is 10.6 Å². The highest BCUT2D eigenvalue weighted by Crippen LogP contribution is 2.11. The molecule has 0 spiro atoms. The van der Waals surface area contributed by atoms with Crippen molar-refractivity contribution in [3.8, 4) is 0 Å². The lowest BCUT2D eigenvalue weighted by atomic mass is 10.1. The first-order chi connectivity index (χ1) is 8.60. The molecule has 0 saturated carbocycles. The van der Waals surface area contributed by atoms with Crippen molar-refractivity contribution < 1.29 is 0 Å². The van der Waals surface area contributed by atoms with Crippen molar-refractivity contribution in [3.63, 3.8) is 0 Å². The summed E-state index contributed by atoms with van der Waals surface area (Å²) in [6, 6.07) is 0. The number of guanidine groups is 1. The Morgan fingerprint density at radius 3 is 2.44 bits per heavy atom. The Morgan fingerprint density at radius 1 is 1.28 bits per heavy atom. The molecule has 0 unspecified atom stereocenters. The van der Waals surface area contributed by atoms with E-state index in [1.54, 1.807) is 7.05 Å². The van der Waals surface area contributed by atoms with Crippen LogP contribution in [0.2, 0.25) is 0 Å². The number of rotatable bonds is 5. The molecule has 1 rings (SSSR count). The molecule has 0 atom stereocenters. The van der Waals surface area contributed by atoms with Crippen LogP contribution in [-0.2, 0) is 13.5 Å². The fourth-order valence-electron chi connectivity index (χ4n) is 1.95. The highest BCUT2D eigenvalue weighted by atomic mass is 15.3. The molecule has 0 amide bonds. The Bertz CT molecular complexity index is 406. The van der Waals surface area contributed by atoms with Gasteiger partial charge in [-0.25, -0.2) is 0 Å². The van der Waals surface area contributed by atoms with Gasteiger partial charge in [0.15, 0.2) is 5.96 Å². The van der Waals surface area contributed by atoms with Gasteiger partial charge in [-0.15, -0.1) is 0 Å². The quantitative estimate of drug-likeness (QED) is 0.610. The summed E-state index contributed by atoms with van der Waals surface area (Å²) in [6.07, 6.45) is 2.07. The minimum absolute atomic E-state index is 0.871. The van der Waals surface area contributed by atoms with Gasteiger partial charge in [-0.1, -0.05) is 6.92 Å². The van der Waals surface area contributed by atoms with Crippen molar-refractivity contribution in [2.45, 2.75) is 33.6 Å². The van der Waals surface area contributed by atoms with E-state index in [1.807, 2.05) is 11.7 Å². The Labute approximate surface area is 110 Å². The monoisotopic (exact) mass is 251 g/mol. The van der Waals surface area contributed by atoms with E-state index in [2.05, 4.69) is 41.5 Å². The maximum atomic E-state index is 4.42. The smallest absolute Gasteiger partial charge is 0.190 e. The van der Waals surface area contributed by atoms with Gasteiger partial charge in [0.25, 0.3) is 0 Å². The molecule has 1 aromatic rings. The molecule has 0 aliphatic heterocycles. The largest absolute Gasteiger partial charge is 0.356 e. The van der Waals surface area contributed by atoms with Crippen molar-refractivity contribution in [2.75, 3.05) is 20.1 Å². The summed E-state index contributed by atoms with van der Waals surface area (Å²) in [5.41, 5.74) is 3.69. The number of hydrogen-bond donors (Lipinski definition) is 2. The van der Waals surface area contributed by atoms with Crippen molar-refractivity contribution in [1.82, 2.24) is 20.4 Å².